The fourth-order valence-electron chi connectivity index (χ4n) is 3.24. The molecule has 21 heavy (non-hydrogen) atoms. The van der Waals surface area contributed by atoms with Crippen LogP contribution in [0.3, 0.4) is 0 Å². The highest BCUT2D eigenvalue weighted by molar-refractivity contribution is 6.32. The topological polar surface area (TPSA) is 38.5 Å². The van der Waals surface area contributed by atoms with Crippen LogP contribution in [0.25, 0.3) is 0 Å². The monoisotopic (exact) mass is 310 g/mol. The zero-order valence-electron chi connectivity index (χ0n) is 13.5. The lowest BCUT2D eigenvalue weighted by molar-refractivity contribution is 0.0755. The smallest absolute Gasteiger partial charge is 0.137 e. The van der Waals surface area contributed by atoms with E-state index in [4.69, 9.17) is 22.1 Å². The SMILES string of the molecule is COc1ccc(C2C(N)CCCCN2C(C)(C)C)cc1Cl. The van der Waals surface area contributed by atoms with Crippen LogP contribution in [0, 0.1) is 0 Å². The number of hydrogen-bond donors (Lipinski definition) is 1. The summed E-state index contributed by atoms with van der Waals surface area (Å²) in [6.07, 6.45) is 3.44. The first-order chi connectivity index (χ1) is 9.84. The Bertz CT molecular complexity index is 484. The molecular weight excluding hydrogens is 284 g/mol. The standard InChI is InChI=1S/C17H27ClN2O/c1-17(2,3)20-10-6-5-7-14(19)16(20)12-8-9-15(21-4)13(18)11-12/h8-9,11,14,16H,5-7,10,19H2,1-4H3. The van der Waals surface area contributed by atoms with Crippen LogP contribution in [0.4, 0.5) is 0 Å². The second kappa shape index (κ2) is 6.55. The number of nitrogens with zero attached hydrogens (tertiary/aromatic N) is 1. The number of benzene rings is 1. The van der Waals surface area contributed by atoms with Crippen LogP contribution in [-0.2, 0) is 0 Å². The maximum Gasteiger partial charge on any atom is 0.137 e. The minimum Gasteiger partial charge on any atom is -0.495 e. The minimum absolute atomic E-state index is 0.0824. The Morgan fingerprint density at radius 3 is 2.57 bits per heavy atom. The Labute approximate surface area is 133 Å². The lowest BCUT2D eigenvalue weighted by Crippen LogP contribution is -2.49. The lowest BCUT2D eigenvalue weighted by atomic mass is 9.92. The van der Waals surface area contributed by atoms with Crippen molar-refractivity contribution in [3.63, 3.8) is 0 Å². The predicted molar refractivity (Wildman–Crippen MR) is 89.0 cm³/mol. The molecule has 1 aliphatic heterocycles. The summed E-state index contributed by atoms with van der Waals surface area (Å²) in [4.78, 5) is 2.52. The second-order valence-electron chi connectivity index (χ2n) is 6.86. The fourth-order valence-corrected chi connectivity index (χ4v) is 3.50. The number of rotatable bonds is 2. The average molecular weight is 311 g/mol. The van der Waals surface area contributed by atoms with Gasteiger partial charge in [-0.3, -0.25) is 4.90 Å². The zero-order chi connectivity index (χ0) is 15.6. The molecular formula is C17H27ClN2O. The van der Waals surface area contributed by atoms with Gasteiger partial charge in [0.15, 0.2) is 0 Å². The van der Waals surface area contributed by atoms with E-state index in [1.54, 1.807) is 7.11 Å². The first-order valence-electron chi connectivity index (χ1n) is 7.70. The van der Waals surface area contributed by atoms with E-state index in [1.807, 2.05) is 12.1 Å². The van der Waals surface area contributed by atoms with Gasteiger partial charge in [0.1, 0.15) is 5.75 Å². The Balaban J connectivity index is 2.41. The molecule has 0 amide bonds. The summed E-state index contributed by atoms with van der Waals surface area (Å²) in [5.74, 6) is 0.713. The van der Waals surface area contributed by atoms with E-state index in [2.05, 4.69) is 31.7 Å². The van der Waals surface area contributed by atoms with Crippen LogP contribution < -0.4 is 10.5 Å². The molecule has 0 radical (unpaired) electrons. The molecule has 2 unspecified atom stereocenters. The van der Waals surface area contributed by atoms with Crippen molar-refractivity contribution in [1.82, 2.24) is 4.90 Å². The van der Waals surface area contributed by atoms with Crippen molar-refractivity contribution < 1.29 is 4.74 Å². The van der Waals surface area contributed by atoms with Gasteiger partial charge >= 0.3 is 0 Å². The third-order valence-electron chi connectivity index (χ3n) is 4.31. The van der Waals surface area contributed by atoms with Crippen molar-refractivity contribution in [2.24, 2.45) is 5.73 Å². The van der Waals surface area contributed by atoms with E-state index in [1.165, 1.54) is 18.4 Å². The van der Waals surface area contributed by atoms with Gasteiger partial charge < -0.3 is 10.5 Å². The second-order valence-corrected chi connectivity index (χ2v) is 7.27. The van der Waals surface area contributed by atoms with Crippen LogP contribution in [-0.4, -0.2) is 30.1 Å². The Hall–Kier alpha value is -0.770. The molecule has 1 aliphatic rings. The molecule has 4 heteroatoms. The summed E-state index contributed by atoms with van der Waals surface area (Å²) in [5, 5.41) is 0.653. The Morgan fingerprint density at radius 2 is 2.00 bits per heavy atom. The Kier molecular flexibility index (Phi) is 5.18. The molecule has 2 atom stereocenters. The van der Waals surface area contributed by atoms with E-state index in [0.717, 1.165) is 13.0 Å². The van der Waals surface area contributed by atoms with Gasteiger partial charge in [-0.25, -0.2) is 0 Å². The van der Waals surface area contributed by atoms with Crippen LogP contribution >= 0.6 is 11.6 Å². The summed E-state index contributed by atoms with van der Waals surface area (Å²) in [7, 11) is 1.64. The fraction of sp³-hybridized carbons (Fsp3) is 0.647. The molecule has 0 aromatic heterocycles. The molecule has 0 spiro atoms. The van der Waals surface area contributed by atoms with Crippen molar-refractivity contribution in [3.8, 4) is 5.75 Å². The highest BCUT2D eigenvalue weighted by Gasteiger charge is 2.35. The summed E-state index contributed by atoms with van der Waals surface area (Å²) >= 11 is 6.31. The van der Waals surface area contributed by atoms with E-state index in [-0.39, 0.29) is 17.6 Å². The first kappa shape index (κ1) is 16.6. The number of methoxy groups -OCH3 is 1. The molecule has 1 fully saturated rings. The van der Waals surface area contributed by atoms with Crippen molar-refractivity contribution in [1.29, 1.82) is 0 Å². The highest BCUT2D eigenvalue weighted by Crippen LogP contribution is 2.37. The molecule has 3 nitrogen and oxygen atoms in total. The number of nitrogens with two attached hydrogens (primary N) is 1. The summed E-state index contributed by atoms with van der Waals surface area (Å²) in [6.45, 7) is 7.83. The van der Waals surface area contributed by atoms with Gasteiger partial charge in [-0.1, -0.05) is 24.1 Å². The van der Waals surface area contributed by atoms with E-state index >= 15 is 0 Å². The van der Waals surface area contributed by atoms with Gasteiger partial charge in [0.2, 0.25) is 0 Å². The molecule has 2 N–H and O–H groups in total. The normalized spacial score (nSPS) is 24.7. The molecule has 118 valence electrons. The number of likely N-dealkylation sites (tertiary alicyclic amines) is 1. The van der Waals surface area contributed by atoms with E-state index < -0.39 is 0 Å². The third-order valence-corrected chi connectivity index (χ3v) is 4.60. The van der Waals surface area contributed by atoms with Gasteiger partial charge in [-0.15, -0.1) is 0 Å². The largest absolute Gasteiger partial charge is 0.495 e. The molecule has 0 bridgehead atoms. The highest BCUT2D eigenvalue weighted by atomic mass is 35.5. The number of ether oxygens (including phenoxy) is 1. The number of halogens is 1. The zero-order valence-corrected chi connectivity index (χ0v) is 14.3. The van der Waals surface area contributed by atoms with Crippen LogP contribution in [0.5, 0.6) is 5.75 Å². The number of hydrogen-bond acceptors (Lipinski definition) is 3. The van der Waals surface area contributed by atoms with Crippen molar-refractivity contribution in [2.45, 2.75) is 57.7 Å². The van der Waals surface area contributed by atoms with Gasteiger partial charge in [-0.05, 0) is 57.9 Å². The van der Waals surface area contributed by atoms with Crippen LogP contribution in [0.2, 0.25) is 5.02 Å². The van der Waals surface area contributed by atoms with Gasteiger partial charge in [0.05, 0.1) is 18.2 Å². The lowest BCUT2D eigenvalue weighted by Gasteiger charge is -2.43. The minimum atomic E-state index is 0.0824. The van der Waals surface area contributed by atoms with Crippen molar-refractivity contribution in [2.75, 3.05) is 13.7 Å². The van der Waals surface area contributed by atoms with Gasteiger partial charge in [0.25, 0.3) is 0 Å². The molecule has 1 aromatic carbocycles. The van der Waals surface area contributed by atoms with Gasteiger partial charge in [0, 0.05) is 11.6 Å². The first-order valence-corrected chi connectivity index (χ1v) is 8.08. The van der Waals surface area contributed by atoms with Gasteiger partial charge in [-0.2, -0.15) is 0 Å². The van der Waals surface area contributed by atoms with Crippen molar-refractivity contribution in [3.05, 3.63) is 28.8 Å². The summed E-state index contributed by atoms with van der Waals surface area (Å²) < 4.78 is 5.26. The molecule has 0 saturated carbocycles. The van der Waals surface area contributed by atoms with Crippen LogP contribution in [0.15, 0.2) is 18.2 Å². The summed E-state index contributed by atoms with van der Waals surface area (Å²) in [5.41, 5.74) is 7.77. The predicted octanol–water partition coefficient (Wildman–Crippen LogP) is 4.00. The van der Waals surface area contributed by atoms with Crippen molar-refractivity contribution >= 4 is 11.6 Å². The average Bonchev–Trinajstić information content (AvgIpc) is 2.60. The molecule has 1 heterocycles. The maximum absolute atomic E-state index is 6.50. The van der Waals surface area contributed by atoms with Crippen LogP contribution in [0.1, 0.15) is 51.6 Å². The van der Waals surface area contributed by atoms with E-state index in [9.17, 15) is 0 Å². The maximum atomic E-state index is 6.50. The summed E-state index contributed by atoms with van der Waals surface area (Å²) in [6, 6.07) is 6.39. The van der Waals surface area contributed by atoms with E-state index in [0.29, 0.717) is 10.8 Å². The molecule has 2 rings (SSSR count). The third kappa shape index (κ3) is 3.71. The molecule has 1 aromatic rings. The quantitative estimate of drug-likeness (QED) is 0.897. The Morgan fingerprint density at radius 1 is 1.29 bits per heavy atom. The molecule has 1 saturated heterocycles. The molecule has 0 aliphatic carbocycles.